The van der Waals surface area contributed by atoms with Gasteiger partial charge in [-0.15, -0.1) is 5.10 Å². The first-order valence-electron chi connectivity index (χ1n) is 11.5. The van der Waals surface area contributed by atoms with E-state index >= 15 is 0 Å². The Morgan fingerprint density at radius 2 is 1.90 bits per heavy atom. The van der Waals surface area contributed by atoms with Crippen LogP contribution in [0, 0.1) is 18.8 Å². The van der Waals surface area contributed by atoms with E-state index < -0.39 is 0 Å². The lowest BCUT2D eigenvalue weighted by Gasteiger charge is -2.31. The molecule has 1 saturated heterocycles. The number of benzene rings is 1. The first-order valence-corrected chi connectivity index (χ1v) is 11.5. The van der Waals surface area contributed by atoms with Crippen molar-refractivity contribution in [3.63, 3.8) is 0 Å². The van der Waals surface area contributed by atoms with Crippen molar-refractivity contribution in [3.05, 3.63) is 53.3 Å². The number of piperidine rings is 1. The zero-order valence-corrected chi connectivity index (χ0v) is 18.3. The molecule has 0 radical (unpaired) electrons. The molecule has 2 aliphatic rings. The summed E-state index contributed by atoms with van der Waals surface area (Å²) >= 11 is 0. The molecule has 1 aliphatic carbocycles. The molecular weight excluding hydrogens is 372 g/mol. The molecule has 0 bridgehead atoms. The Morgan fingerprint density at radius 3 is 2.67 bits per heavy atom. The average molecular weight is 407 g/mol. The van der Waals surface area contributed by atoms with Gasteiger partial charge in [0.1, 0.15) is 0 Å². The average Bonchev–Trinajstić information content (AvgIpc) is 2.79. The van der Waals surface area contributed by atoms with E-state index in [0.29, 0.717) is 23.4 Å². The minimum absolute atomic E-state index is 0.0253. The van der Waals surface area contributed by atoms with Gasteiger partial charge in [0.25, 0.3) is 5.91 Å². The van der Waals surface area contributed by atoms with Crippen molar-refractivity contribution in [1.82, 2.24) is 15.1 Å². The van der Waals surface area contributed by atoms with Crippen molar-refractivity contribution in [2.24, 2.45) is 11.8 Å². The number of hydrogen-bond donors (Lipinski definition) is 1. The third kappa shape index (κ3) is 4.82. The van der Waals surface area contributed by atoms with E-state index in [1.165, 1.54) is 31.2 Å². The molecule has 30 heavy (non-hydrogen) atoms. The van der Waals surface area contributed by atoms with E-state index in [4.69, 9.17) is 0 Å². The van der Waals surface area contributed by atoms with Crippen LogP contribution in [0.3, 0.4) is 0 Å². The summed E-state index contributed by atoms with van der Waals surface area (Å²) in [6.07, 6.45) is 8.93. The lowest BCUT2D eigenvalue weighted by molar-refractivity contribution is 0.0689. The third-order valence-corrected chi connectivity index (χ3v) is 7.01. The van der Waals surface area contributed by atoms with Crippen LogP contribution < -0.4 is 5.32 Å². The number of aromatic nitrogens is 2. The summed E-state index contributed by atoms with van der Waals surface area (Å²) in [4.78, 5) is 14.9. The van der Waals surface area contributed by atoms with E-state index in [1.54, 1.807) is 6.20 Å². The molecule has 0 spiro atoms. The molecule has 2 aromatic rings. The van der Waals surface area contributed by atoms with Crippen molar-refractivity contribution in [2.45, 2.75) is 58.3 Å². The predicted molar refractivity (Wildman–Crippen MR) is 121 cm³/mol. The fourth-order valence-electron chi connectivity index (χ4n) is 4.95. The Hall–Kier alpha value is -2.43. The highest BCUT2D eigenvalue weighted by Gasteiger charge is 2.26. The second-order valence-electron chi connectivity index (χ2n) is 9.23. The number of carbonyl (C=O) groups is 1. The summed E-state index contributed by atoms with van der Waals surface area (Å²) in [7, 11) is 0. The zero-order chi connectivity index (χ0) is 20.9. The lowest BCUT2D eigenvalue weighted by atomic mass is 9.78. The monoisotopic (exact) mass is 406 g/mol. The highest BCUT2D eigenvalue weighted by Crippen LogP contribution is 2.36. The SMILES string of the molecule is Cc1c(NC[C@H]2CCC[C@@H](c3ccccc3)C2)cnnc1C(=O)N1CCC(C)CC1. The molecular formula is C25H34N4O. The smallest absolute Gasteiger partial charge is 0.274 e. The molecule has 1 amide bonds. The van der Waals surface area contributed by atoms with Crippen LogP contribution in [0.4, 0.5) is 5.69 Å². The first-order chi connectivity index (χ1) is 14.6. The van der Waals surface area contributed by atoms with Crippen LogP contribution >= 0.6 is 0 Å². The van der Waals surface area contributed by atoms with Crippen molar-refractivity contribution in [2.75, 3.05) is 25.0 Å². The van der Waals surface area contributed by atoms with Gasteiger partial charge < -0.3 is 10.2 Å². The largest absolute Gasteiger partial charge is 0.383 e. The summed E-state index contributed by atoms with van der Waals surface area (Å²) in [6.45, 7) is 6.81. The Labute approximate surface area is 180 Å². The van der Waals surface area contributed by atoms with E-state index in [2.05, 4.69) is 52.8 Å². The second-order valence-corrected chi connectivity index (χ2v) is 9.23. The van der Waals surface area contributed by atoms with Crippen LogP contribution in [0.25, 0.3) is 0 Å². The number of nitrogens with one attached hydrogen (secondary N) is 1. The maximum atomic E-state index is 13.0. The highest BCUT2D eigenvalue weighted by molar-refractivity contribution is 5.94. The van der Waals surface area contributed by atoms with E-state index in [1.807, 2.05) is 11.8 Å². The molecule has 1 N–H and O–H groups in total. The molecule has 160 valence electrons. The van der Waals surface area contributed by atoms with Crippen LogP contribution in [0.15, 0.2) is 36.5 Å². The number of hydrogen-bond acceptors (Lipinski definition) is 4. The topological polar surface area (TPSA) is 58.1 Å². The lowest BCUT2D eigenvalue weighted by Crippen LogP contribution is -2.38. The molecule has 1 saturated carbocycles. The summed E-state index contributed by atoms with van der Waals surface area (Å²) in [5.74, 6) is 2.02. The minimum Gasteiger partial charge on any atom is -0.383 e. The fourth-order valence-corrected chi connectivity index (χ4v) is 4.95. The molecule has 1 aliphatic heterocycles. The molecule has 5 nitrogen and oxygen atoms in total. The van der Waals surface area contributed by atoms with Crippen molar-refractivity contribution < 1.29 is 4.79 Å². The van der Waals surface area contributed by atoms with Crippen molar-refractivity contribution >= 4 is 11.6 Å². The van der Waals surface area contributed by atoms with Gasteiger partial charge in [0.15, 0.2) is 5.69 Å². The Morgan fingerprint density at radius 1 is 1.13 bits per heavy atom. The second kappa shape index (κ2) is 9.59. The van der Waals surface area contributed by atoms with Crippen LogP contribution in [0.2, 0.25) is 0 Å². The molecule has 1 aromatic heterocycles. The van der Waals surface area contributed by atoms with Gasteiger partial charge in [-0.3, -0.25) is 4.79 Å². The summed E-state index contributed by atoms with van der Waals surface area (Å²) in [5, 5.41) is 11.9. The first kappa shape index (κ1) is 20.8. The Balaban J connectivity index is 1.38. The Bertz CT molecular complexity index is 845. The molecule has 0 unspecified atom stereocenters. The zero-order valence-electron chi connectivity index (χ0n) is 18.3. The van der Waals surface area contributed by atoms with Gasteiger partial charge in [-0.05, 0) is 62.3 Å². The quantitative estimate of drug-likeness (QED) is 0.755. The van der Waals surface area contributed by atoms with Gasteiger partial charge in [0, 0.05) is 25.2 Å². The number of nitrogens with zero attached hydrogens (tertiary/aromatic N) is 3. The van der Waals surface area contributed by atoms with Gasteiger partial charge in [-0.1, -0.05) is 43.7 Å². The summed E-state index contributed by atoms with van der Waals surface area (Å²) in [6, 6.07) is 10.9. The predicted octanol–water partition coefficient (Wildman–Crippen LogP) is 5.04. The fraction of sp³-hybridized carbons (Fsp3) is 0.560. The van der Waals surface area contributed by atoms with Crippen LogP contribution in [0.1, 0.15) is 73.0 Å². The van der Waals surface area contributed by atoms with Gasteiger partial charge in [-0.2, -0.15) is 5.10 Å². The van der Waals surface area contributed by atoms with Crippen LogP contribution in [-0.2, 0) is 0 Å². The number of likely N-dealkylation sites (tertiary alicyclic amines) is 1. The van der Waals surface area contributed by atoms with Crippen molar-refractivity contribution in [3.8, 4) is 0 Å². The van der Waals surface area contributed by atoms with E-state index in [-0.39, 0.29) is 5.91 Å². The van der Waals surface area contributed by atoms with Gasteiger partial charge in [0.2, 0.25) is 0 Å². The molecule has 5 heteroatoms. The van der Waals surface area contributed by atoms with E-state index in [9.17, 15) is 4.79 Å². The van der Waals surface area contributed by atoms with Crippen LogP contribution in [0.5, 0.6) is 0 Å². The normalized spacial score (nSPS) is 22.7. The molecule has 2 atom stereocenters. The highest BCUT2D eigenvalue weighted by atomic mass is 16.2. The number of rotatable bonds is 5. The molecule has 1 aromatic carbocycles. The van der Waals surface area contributed by atoms with Gasteiger partial charge in [0.05, 0.1) is 11.9 Å². The van der Waals surface area contributed by atoms with Crippen LogP contribution in [-0.4, -0.2) is 40.6 Å². The number of anilines is 1. The van der Waals surface area contributed by atoms with Gasteiger partial charge in [-0.25, -0.2) is 0 Å². The van der Waals surface area contributed by atoms with Crippen molar-refractivity contribution in [1.29, 1.82) is 0 Å². The number of amides is 1. The molecule has 2 heterocycles. The number of carbonyl (C=O) groups excluding carboxylic acids is 1. The maximum absolute atomic E-state index is 13.0. The van der Waals surface area contributed by atoms with E-state index in [0.717, 1.165) is 43.7 Å². The maximum Gasteiger partial charge on any atom is 0.274 e. The summed E-state index contributed by atoms with van der Waals surface area (Å²) < 4.78 is 0. The molecule has 4 rings (SSSR count). The molecule has 2 fully saturated rings. The Kier molecular flexibility index (Phi) is 6.66. The standard InChI is InChI=1S/C25H34N4O/c1-18-11-13-29(14-12-18)25(30)24-19(2)23(17-27-28-24)26-16-20-7-6-10-22(15-20)21-8-4-3-5-9-21/h3-5,8-9,17-18,20,22H,6-7,10-16H2,1-2H3,(H,26,28)/t20-,22+/m0/s1. The van der Waals surface area contributed by atoms with Gasteiger partial charge >= 0.3 is 0 Å². The minimum atomic E-state index is 0.0253. The summed E-state index contributed by atoms with van der Waals surface area (Å²) in [5.41, 5.74) is 3.83. The third-order valence-electron chi connectivity index (χ3n) is 7.01.